The van der Waals surface area contributed by atoms with Gasteiger partial charge >= 0.3 is 0 Å². The Morgan fingerprint density at radius 2 is 2.31 bits per heavy atom. The average Bonchev–Trinajstić information content (AvgIpc) is 2.55. The van der Waals surface area contributed by atoms with E-state index in [0.717, 1.165) is 29.6 Å². The third-order valence-corrected chi connectivity index (χ3v) is 3.26. The molecule has 1 aliphatic carbocycles. The highest BCUT2D eigenvalue weighted by molar-refractivity contribution is 5.73. The fourth-order valence-corrected chi connectivity index (χ4v) is 2.07. The highest BCUT2D eigenvalue weighted by atomic mass is 16.3. The maximum absolute atomic E-state index is 5.45. The molecule has 0 aliphatic heterocycles. The molecule has 3 heteroatoms. The molecule has 3 rings (SSSR count). The lowest BCUT2D eigenvalue weighted by molar-refractivity contribution is 0.338. The molecule has 0 radical (unpaired) electrons. The van der Waals surface area contributed by atoms with E-state index < -0.39 is 0 Å². The Labute approximate surface area is 94.9 Å². The van der Waals surface area contributed by atoms with Gasteiger partial charge in [0.05, 0.1) is 0 Å². The van der Waals surface area contributed by atoms with Crippen LogP contribution in [0.3, 0.4) is 0 Å². The van der Waals surface area contributed by atoms with Crippen molar-refractivity contribution in [2.45, 2.75) is 38.8 Å². The van der Waals surface area contributed by atoms with Gasteiger partial charge in [-0.2, -0.15) is 0 Å². The van der Waals surface area contributed by atoms with Crippen LogP contribution in [0.1, 0.15) is 30.7 Å². The summed E-state index contributed by atoms with van der Waals surface area (Å²) >= 11 is 0. The summed E-state index contributed by atoms with van der Waals surface area (Å²) in [5, 5.41) is 3.55. The summed E-state index contributed by atoms with van der Waals surface area (Å²) < 4.78 is 5.45. The maximum atomic E-state index is 5.45. The first-order valence-electron chi connectivity index (χ1n) is 5.91. The highest BCUT2D eigenvalue weighted by Gasteiger charge is 2.16. The molecule has 1 fully saturated rings. The molecule has 3 nitrogen and oxygen atoms in total. The zero-order chi connectivity index (χ0) is 11.0. The number of oxazole rings is 1. The van der Waals surface area contributed by atoms with E-state index in [1.807, 2.05) is 13.0 Å². The topological polar surface area (TPSA) is 38.1 Å². The van der Waals surface area contributed by atoms with Crippen molar-refractivity contribution >= 4 is 11.1 Å². The highest BCUT2D eigenvalue weighted by Crippen LogP contribution is 2.20. The lowest BCUT2D eigenvalue weighted by Crippen LogP contribution is -2.34. The molecule has 2 aromatic rings. The molecule has 1 N–H and O–H groups in total. The van der Waals surface area contributed by atoms with Crippen molar-refractivity contribution in [2.75, 3.05) is 0 Å². The average molecular weight is 216 g/mol. The molecule has 1 aliphatic rings. The van der Waals surface area contributed by atoms with Crippen LogP contribution in [0.5, 0.6) is 0 Å². The van der Waals surface area contributed by atoms with Crippen LogP contribution >= 0.6 is 0 Å². The van der Waals surface area contributed by atoms with Crippen molar-refractivity contribution in [3.8, 4) is 0 Å². The number of nitrogens with zero attached hydrogens (tertiary/aromatic N) is 1. The minimum absolute atomic E-state index is 0.731. The Bertz CT molecular complexity index is 500. The van der Waals surface area contributed by atoms with Gasteiger partial charge in [-0.1, -0.05) is 12.5 Å². The summed E-state index contributed by atoms with van der Waals surface area (Å²) in [5.41, 5.74) is 3.13. The molecule has 0 amide bonds. The third-order valence-electron chi connectivity index (χ3n) is 3.26. The van der Waals surface area contributed by atoms with E-state index in [0.29, 0.717) is 0 Å². The van der Waals surface area contributed by atoms with Gasteiger partial charge in [-0.15, -0.1) is 0 Å². The number of nitrogens with one attached hydrogen (secondary N) is 1. The third kappa shape index (κ3) is 1.83. The number of hydrogen-bond acceptors (Lipinski definition) is 3. The van der Waals surface area contributed by atoms with Crippen molar-refractivity contribution in [1.29, 1.82) is 0 Å². The Morgan fingerprint density at radius 3 is 3.06 bits per heavy atom. The number of rotatable bonds is 3. The van der Waals surface area contributed by atoms with E-state index in [1.54, 1.807) is 0 Å². The summed E-state index contributed by atoms with van der Waals surface area (Å²) in [4.78, 5) is 4.34. The minimum atomic E-state index is 0.731. The maximum Gasteiger partial charge on any atom is 0.192 e. The molecule has 0 bridgehead atoms. The van der Waals surface area contributed by atoms with Crippen molar-refractivity contribution in [3.05, 3.63) is 29.7 Å². The van der Waals surface area contributed by atoms with Crippen LogP contribution in [0.2, 0.25) is 0 Å². The van der Waals surface area contributed by atoms with Gasteiger partial charge in [0.1, 0.15) is 5.52 Å². The van der Waals surface area contributed by atoms with Crippen LogP contribution in [-0.2, 0) is 6.54 Å². The van der Waals surface area contributed by atoms with Gasteiger partial charge in [0.25, 0.3) is 0 Å². The van der Waals surface area contributed by atoms with Crippen molar-refractivity contribution in [1.82, 2.24) is 10.3 Å². The summed E-state index contributed by atoms with van der Waals surface area (Å²) in [6.07, 6.45) is 4.02. The lowest BCUT2D eigenvalue weighted by atomic mass is 9.93. The zero-order valence-electron chi connectivity index (χ0n) is 9.49. The van der Waals surface area contributed by atoms with Crippen LogP contribution in [-0.4, -0.2) is 11.0 Å². The Balaban J connectivity index is 1.75. The van der Waals surface area contributed by atoms with E-state index in [1.165, 1.54) is 24.8 Å². The molecule has 0 unspecified atom stereocenters. The molecule has 0 atom stereocenters. The van der Waals surface area contributed by atoms with Gasteiger partial charge in [-0.25, -0.2) is 4.98 Å². The van der Waals surface area contributed by atoms with E-state index >= 15 is 0 Å². The number of hydrogen-bond donors (Lipinski definition) is 1. The van der Waals surface area contributed by atoms with Gasteiger partial charge in [0.2, 0.25) is 0 Å². The fraction of sp³-hybridized carbons (Fsp3) is 0.462. The van der Waals surface area contributed by atoms with Crippen LogP contribution < -0.4 is 5.32 Å². The van der Waals surface area contributed by atoms with Gasteiger partial charge in [-0.05, 0) is 30.5 Å². The van der Waals surface area contributed by atoms with Crippen LogP contribution in [0.4, 0.5) is 0 Å². The SMILES string of the molecule is Cc1nc2cc(CNC3CCC3)ccc2o1. The first-order chi connectivity index (χ1) is 7.81. The van der Waals surface area contributed by atoms with Gasteiger partial charge < -0.3 is 9.73 Å². The number of aryl methyl sites for hydroxylation is 1. The first kappa shape index (κ1) is 9.85. The van der Waals surface area contributed by atoms with Crippen molar-refractivity contribution in [3.63, 3.8) is 0 Å². The molecule has 0 saturated heterocycles. The van der Waals surface area contributed by atoms with Crippen LogP contribution in [0.15, 0.2) is 22.6 Å². The Kier molecular flexibility index (Phi) is 2.40. The molecular formula is C13H16N2O. The molecule has 1 aromatic heterocycles. The zero-order valence-corrected chi connectivity index (χ0v) is 9.49. The Morgan fingerprint density at radius 1 is 1.44 bits per heavy atom. The fourth-order valence-electron chi connectivity index (χ4n) is 2.07. The quantitative estimate of drug-likeness (QED) is 0.857. The molecule has 0 spiro atoms. The lowest BCUT2D eigenvalue weighted by Gasteiger charge is -2.26. The van der Waals surface area contributed by atoms with Crippen molar-refractivity contribution in [2.24, 2.45) is 0 Å². The summed E-state index contributed by atoms with van der Waals surface area (Å²) in [5.74, 6) is 0.735. The summed E-state index contributed by atoms with van der Waals surface area (Å²) in [6, 6.07) is 6.96. The van der Waals surface area contributed by atoms with E-state index in [-0.39, 0.29) is 0 Å². The van der Waals surface area contributed by atoms with E-state index in [4.69, 9.17) is 4.42 Å². The second kappa shape index (κ2) is 3.91. The predicted molar refractivity (Wildman–Crippen MR) is 63.2 cm³/mol. The number of fused-ring (bicyclic) bond motifs is 1. The molecular weight excluding hydrogens is 200 g/mol. The van der Waals surface area contributed by atoms with Gasteiger partial charge in [0.15, 0.2) is 11.5 Å². The Hall–Kier alpha value is -1.35. The summed E-state index contributed by atoms with van der Waals surface area (Å²) in [6.45, 7) is 2.82. The monoisotopic (exact) mass is 216 g/mol. The van der Waals surface area contributed by atoms with Crippen LogP contribution in [0.25, 0.3) is 11.1 Å². The molecule has 16 heavy (non-hydrogen) atoms. The van der Waals surface area contributed by atoms with E-state index in [9.17, 15) is 0 Å². The number of aromatic nitrogens is 1. The molecule has 1 saturated carbocycles. The van der Waals surface area contributed by atoms with E-state index in [2.05, 4.69) is 22.4 Å². The minimum Gasteiger partial charge on any atom is -0.441 e. The molecule has 1 heterocycles. The van der Waals surface area contributed by atoms with Gasteiger partial charge in [-0.3, -0.25) is 0 Å². The summed E-state index contributed by atoms with van der Waals surface area (Å²) in [7, 11) is 0. The van der Waals surface area contributed by atoms with Gasteiger partial charge in [0, 0.05) is 19.5 Å². The van der Waals surface area contributed by atoms with Crippen molar-refractivity contribution < 1.29 is 4.42 Å². The smallest absolute Gasteiger partial charge is 0.192 e. The number of benzene rings is 1. The van der Waals surface area contributed by atoms with Crippen LogP contribution in [0, 0.1) is 6.92 Å². The molecule has 1 aromatic carbocycles. The predicted octanol–water partition coefficient (Wildman–Crippen LogP) is 2.78. The second-order valence-corrected chi connectivity index (χ2v) is 4.54. The standard InChI is InChI=1S/C13H16N2O/c1-9-15-12-7-10(5-6-13(12)16-9)8-14-11-3-2-4-11/h5-7,11,14H,2-4,8H2,1H3. The normalized spacial score (nSPS) is 16.6. The second-order valence-electron chi connectivity index (χ2n) is 4.54. The first-order valence-corrected chi connectivity index (χ1v) is 5.91. The molecule has 84 valence electrons. The largest absolute Gasteiger partial charge is 0.441 e.